The van der Waals surface area contributed by atoms with Crippen LogP contribution in [0, 0.1) is 19.8 Å². The summed E-state index contributed by atoms with van der Waals surface area (Å²) in [5, 5.41) is 6.98. The van der Waals surface area contributed by atoms with Gasteiger partial charge in [-0.05, 0) is 44.7 Å². The van der Waals surface area contributed by atoms with Crippen LogP contribution in [0.4, 0.5) is 0 Å². The minimum atomic E-state index is -3.32. The molecular formula is C18H23N5O4S. The van der Waals surface area contributed by atoms with Gasteiger partial charge in [-0.25, -0.2) is 12.7 Å². The highest BCUT2D eigenvalue weighted by molar-refractivity contribution is 7.88. The monoisotopic (exact) mass is 405 g/mol. The maximum absolute atomic E-state index is 12.6. The van der Waals surface area contributed by atoms with Crippen LogP contribution in [0.1, 0.15) is 40.6 Å². The van der Waals surface area contributed by atoms with Crippen LogP contribution >= 0.6 is 0 Å². The van der Waals surface area contributed by atoms with E-state index in [9.17, 15) is 13.2 Å². The maximum atomic E-state index is 12.6. The maximum Gasteiger partial charge on any atom is 0.251 e. The van der Waals surface area contributed by atoms with Gasteiger partial charge in [0.15, 0.2) is 5.82 Å². The first-order valence-corrected chi connectivity index (χ1v) is 11.0. The molecule has 0 aromatic carbocycles. The summed E-state index contributed by atoms with van der Waals surface area (Å²) >= 11 is 0. The second-order valence-corrected chi connectivity index (χ2v) is 9.83. The number of sulfonamides is 1. The number of amides is 1. The number of carbonyl (C=O) groups excluding carboxylic acids is 1. The molecule has 2 fully saturated rings. The number of aromatic nitrogens is 3. The normalized spacial score (nSPS) is 27.7. The van der Waals surface area contributed by atoms with Crippen molar-refractivity contribution in [2.45, 2.75) is 38.1 Å². The lowest BCUT2D eigenvalue weighted by Gasteiger charge is -2.24. The van der Waals surface area contributed by atoms with Crippen molar-refractivity contribution in [3.63, 3.8) is 0 Å². The third kappa shape index (κ3) is 3.30. The van der Waals surface area contributed by atoms with E-state index < -0.39 is 15.4 Å². The first kappa shape index (κ1) is 19.0. The summed E-state index contributed by atoms with van der Waals surface area (Å²) in [5.74, 6) is 0.817. The number of nitrogens with one attached hydrogen (secondary N) is 1. The second kappa shape index (κ2) is 6.63. The van der Waals surface area contributed by atoms with Crippen molar-refractivity contribution >= 4 is 15.9 Å². The van der Waals surface area contributed by atoms with Gasteiger partial charge in [0.1, 0.15) is 0 Å². The van der Waals surface area contributed by atoms with Crippen molar-refractivity contribution in [3.05, 3.63) is 41.3 Å². The molecule has 28 heavy (non-hydrogen) atoms. The van der Waals surface area contributed by atoms with Crippen molar-refractivity contribution in [1.29, 1.82) is 0 Å². The van der Waals surface area contributed by atoms with Gasteiger partial charge in [0.05, 0.1) is 11.7 Å². The molecule has 1 saturated heterocycles. The topological polar surface area (TPSA) is 118 Å². The lowest BCUT2D eigenvalue weighted by Crippen LogP contribution is -2.39. The van der Waals surface area contributed by atoms with Gasteiger partial charge in [0.25, 0.3) is 5.91 Å². The molecule has 1 saturated carbocycles. The van der Waals surface area contributed by atoms with Crippen LogP contribution in [0.5, 0.6) is 0 Å². The molecule has 1 N–H and O–H groups in total. The highest BCUT2D eigenvalue weighted by Gasteiger charge is 2.58. The third-order valence-corrected chi connectivity index (χ3v) is 6.98. The van der Waals surface area contributed by atoms with Crippen molar-refractivity contribution in [1.82, 2.24) is 24.7 Å². The van der Waals surface area contributed by atoms with E-state index in [2.05, 4.69) is 20.4 Å². The van der Waals surface area contributed by atoms with Crippen molar-refractivity contribution in [2.75, 3.05) is 19.3 Å². The number of hydrogen-bond acceptors (Lipinski definition) is 7. The van der Waals surface area contributed by atoms with Crippen molar-refractivity contribution in [2.24, 2.45) is 5.92 Å². The summed E-state index contributed by atoms with van der Waals surface area (Å²) in [4.78, 5) is 21.2. The number of rotatable bonds is 4. The molecule has 10 heteroatoms. The first-order chi connectivity index (χ1) is 13.2. The molecule has 2 aliphatic rings. The Morgan fingerprint density at radius 2 is 2.18 bits per heavy atom. The zero-order valence-electron chi connectivity index (χ0n) is 16.0. The van der Waals surface area contributed by atoms with Gasteiger partial charge < -0.3 is 9.84 Å². The molecule has 9 nitrogen and oxygen atoms in total. The van der Waals surface area contributed by atoms with E-state index in [0.717, 1.165) is 5.69 Å². The SMILES string of the molecule is Cc1cc(C(=O)N[C@@H]2C[C@H]3CN(S(C)(=O)=O)C[C@@]3(c3nc(C)no3)C2)ccn1. The van der Waals surface area contributed by atoms with Crippen LogP contribution in [-0.2, 0) is 15.4 Å². The number of hydrogen-bond donors (Lipinski definition) is 1. The Morgan fingerprint density at radius 3 is 2.82 bits per heavy atom. The zero-order chi connectivity index (χ0) is 20.1. The average Bonchev–Trinajstić information content (AvgIpc) is 3.26. The molecule has 3 heterocycles. The number of pyridine rings is 1. The minimum Gasteiger partial charge on any atom is -0.349 e. The fourth-order valence-corrected chi connectivity index (χ4v) is 5.39. The van der Waals surface area contributed by atoms with Gasteiger partial charge in [-0.3, -0.25) is 9.78 Å². The van der Waals surface area contributed by atoms with Crippen molar-refractivity contribution in [3.8, 4) is 0 Å². The van der Waals surface area contributed by atoms with E-state index in [1.807, 2.05) is 6.92 Å². The van der Waals surface area contributed by atoms with Crippen LogP contribution in [0.2, 0.25) is 0 Å². The molecule has 0 bridgehead atoms. The Kier molecular flexibility index (Phi) is 4.50. The smallest absolute Gasteiger partial charge is 0.251 e. The van der Waals surface area contributed by atoms with E-state index in [-0.39, 0.29) is 17.9 Å². The Balaban J connectivity index is 1.58. The molecule has 2 aromatic heterocycles. The molecule has 3 atom stereocenters. The fourth-order valence-electron chi connectivity index (χ4n) is 4.47. The summed E-state index contributed by atoms with van der Waals surface area (Å²) in [6, 6.07) is 3.33. The molecule has 2 aromatic rings. The van der Waals surface area contributed by atoms with Gasteiger partial charge in [0.2, 0.25) is 15.9 Å². The van der Waals surface area contributed by atoms with Gasteiger partial charge in [-0.1, -0.05) is 5.16 Å². The standard InChI is InChI=1S/C18H23N5O4S/c1-11-6-13(4-5-19-11)16(24)21-15-7-14-9-23(28(3,25)26)10-18(14,8-15)17-20-12(2)22-27-17/h4-6,14-15H,7-10H2,1-3H3,(H,21,24)/t14-,15+,18-/m0/s1. The molecule has 1 aliphatic carbocycles. The van der Waals surface area contributed by atoms with E-state index in [0.29, 0.717) is 43.2 Å². The predicted molar refractivity (Wildman–Crippen MR) is 100 cm³/mol. The van der Waals surface area contributed by atoms with Gasteiger partial charge in [0, 0.05) is 36.6 Å². The highest BCUT2D eigenvalue weighted by atomic mass is 32.2. The summed E-state index contributed by atoms with van der Waals surface area (Å²) in [5.41, 5.74) is 0.763. The molecule has 4 rings (SSSR count). The van der Waals surface area contributed by atoms with Crippen LogP contribution in [0.15, 0.2) is 22.9 Å². The summed E-state index contributed by atoms with van der Waals surface area (Å²) < 4.78 is 31.1. The Hall–Kier alpha value is -2.33. The average molecular weight is 405 g/mol. The lowest BCUT2D eigenvalue weighted by atomic mass is 9.80. The van der Waals surface area contributed by atoms with E-state index in [1.54, 1.807) is 25.3 Å². The van der Waals surface area contributed by atoms with E-state index >= 15 is 0 Å². The molecule has 0 spiro atoms. The second-order valence-electron chi connectivity index (χ2n) is 7.85. The molecular weight excluding hydrogens is 382 g/mol. The van der Waals surface area contributed by atoms with Crippen LogP contribution < -0.4 is 5.32 Å². The summed E-state index contributed by atoms with van der Waals surface area (Å²) in [7, 11) is -3.32. The summed E-state index contributed by atoms with van der Waals surface area (Å²) in [6.45, 7) is 4.26. The van der Waals surface area contributed by atoms with Crippen LogP contribution in [0.25, 0.3) is 0 Å². The first-order valence-electron chi connectivity index (χ1n) is 9.17. The Labute approximate surface area is 163 Å². The summed E-state index contributed by atoms with van der Waals surface area (Å²) in [6.07, 6.45) is 4.04. The van der Waals surface area contributed by atoms with Crippen LogP contribution in [0.3, 0.4) is 0 Å². The van der Waals surface area contributed by atoms with Crippen molar-refractivity contribution < 1.29 is 17.7 Å². The number of aryl methyl sites for hydroxylation is 2. The number of carbonyl (C=O) groups is 1. The number of fused-ring (bicyclic) bond motifs is 1. The van der Waals surface area contributed by atoms with Gasteiger partial charge in [-0.2, -0.15) is 4.98 Å². The highest BCUT2D eigenvalue weighted by Crippen LogP contribution is 2.50. The Bertz CT molecular complexity index is 1020. The van der Waals surface area contributed by atoms with Crippen LogP contribution in [-0.4, -0.2) is 59.1 Å². The molecule has 0 unspecified atom stereocenters. The Morgan fingerprint density at radius 1 is 1.39 bits per heavy atom. The van der Waals surface area contributed by atoms with E-state index in [1.165, 1.54) is 10.6 Å². The molecule has 150 valence electrons. The van der Waals surface area contributed by atoms with E-state index in [4.69, 9.17) is 4.52 Å². The minimum absolute atomic E-state index is 0.00607. The molecule has 1 amide bonds. The largest absolute Gasteiger partial charge is 0.349 e. The third-order valence-electron chi connectivity index (χ3n) is 5.76. The van der Waals surface area contributed by atoms with Gasteiger partial charge >= 0.3 is 0 Å². The zero-order valence-corrected chi connectivity index (χ0v) is 16.9. The van der Waals surface area contributed by atoms with Gasteiger partial charge in [-0.15, -0.1) is 0 Å². The molecule has 0 radical (unpaired) electrons. The quantitative estimate of drug-likeness (QED) is 0.799. The predicted octanol–water partition coefficient (Wildman–Crippen LogP) is 0.803. The number of nitrogens with zero attached hydrogens (tertiary/aromatic N) is 4. The lowest BCUT2D eigenvalue weighted by molar-refractivity contribution is 0.0934. The molecule has 1 aliphatic heterocycles. The fraction of sp³-hybridized carbons (Fsp3) is 0.556.